The molecule has 5 nitrogen and oxygen atoms in total. The molecule has 1 aromatic heterocycles. The van der Waals surface area contributed by atoms with Crippen molar-refractivity contribution in [3.05, 3.63) is 30.2 Å². The standard InChI is InChI=1S/C13H13ClFNO4S/c1-13(2,3)20-12(17)16-7-6-8-10(16)5-4-9(15)11(8)21(14,18)19/h4-7H,1-3H3. The number of carbonyl (C=O) groups excluding carboxylic acids is 1. The van der Waals surface area contributed by atoms with Crippen LogP contribution in [-0.2, 0) is 13.8 Å². The number of fused-ring (bicyclic) bond motifs is 1. The number of benzene rings is 1. The Morgan fingerprint density at radius 3 is 2.43 bits per heavy atom. The van der Waals surface area contributed by atoms with Crippen LogP contribution >= 0.6 is 10.7 Å². The van der Waals surface area contributed by atoms with E-state index in [0.29, 0.717) is 0 Å². The number of carbonyl (C=O) groups is 1. The molecule has 0 radical (unpaired) electrons. The minimum atomic E-state index is -4.28. The van der Waals surface area contributed by atoms with Gasteiger partial charge < -0.3 is 4.74 Å². The largest absolute Gasteiger partial charge is 0.443 e. The van der Waals surface area contributed by atoms with E-state index in [4.69, 9.17) is 15.4 Å². The van der Waals surface area contributed by atoms with Crippen molar-refractivity contribution < 1.29 is 22.3 Å². The minimum absolute atomic E-state index is 0.0239. The maximum absolute atomic E-state index is 13.7. The van der Waals surface area contributed by atoms with E-state index in [1.807, 2.05) is 0 Å². The van der Waals surface area contributed by atoms with Gasteiger partial charge in [-0.2, -0.15) is 0 Å². The van der Waals surface area contributed by atoms with Crippen LogP contribution in [0.5, 0.6) is 0 Å². The molecule has 1 aromatic carbocycles. The van der Waals surface area contributed by atoms with E-state index in [9.17, 15) is 17.6 Å². The molecule has 2 aromatic rings. The second-order valence-corrected chi connectivity index (χ2v) is 7.92. The Hall–Kier alpha value is -1.60. The van der Waals surface area contributed by atoms with Gasteiger partial charge in [0.2, 0.25) is 0 Å². The topological polar surface area (TPSA) is 65.4 Å². The third kappa shape index (κ3) is 3.19. The number of hydrogen-bond acceptors (Lipinski definition) is 4. The van der Waals surface area contributed by atoms with Crippen molar-refractivity contribution in [2.24, 2.45) is 0 Å². The third-order valence-electron chi connectivity index (χ3n) is 2.61. The smallest absolute Gasteiger partial charge is 0.418 e. The lowest BCUT2D eigenvalue weighted by molar-refractivity contribution is 0.0544. The highest BCUT2D eigenvalue weighted by atomic mass is 35.7. The Morgan fingerprint density at radius 1 is 1.29 bits per heavy atom. The normalized spacial score (nSPS) is 12.6. The molecular weight excluding hydrogens is 321 g/mol. The number of rotatable bonds is 1. The molecule has 0 fully saturated rings. The monoisotopic (exact) mass is 333 g/mol. The van der Waals surface area contributed by atoms with E-state index in [1.165, 1.54) is 18.3 Å². The van der Waals surface area contributed by atoms with Crippen molar-refractivity contribution in [2.45, 2.75) is 31.3 Å². The van der Waals surface area contributed by atoms with Gasteiger partial charge in [-0.3, -0.25) is 4.57 Å². The van der Waals surface area contributed by atoms with Gasteiger partial charge in [0.1, 0.15) is 16.3 Å². The molecule has 0 aliphatic heterocycles. The van der Waals surface area contributed by atoms with Crippen LogP contribution in [0.3, 0.4) is 0 Å². The van der Waals surface area contributed by atoms with Gasteiger partial charge in [0.05, 0.1) is 5.52 Å². The highest BCUT2D eigenvalue weighted by Gasteiger charge is 2.24. The Labute approximate surface area is 125 Å². The van der Waals surface area contributed by atoms with Crippen LogP contribution in [0.2, 0.25) is 0 Å². The van der Waals surface area contributed by atoms with Crippen molar-refractivity contribution in [1.82, 2.24) is 4.57 Å². The van der Waals surface area contributed by atoms with Crippen LogP contribution in [0.25, 0.3) is 10.9 Å². The zero-order valence-electron chi connectivity index (χ0n) is 11.6. The molecular formula is C13H13ClFNO4S. The maximum Gasteiger partial charge on any atom is 0.418 e. The first-order valence-electron chi connectivity index (χ1n) is 5.98. The molecule has 2 rings (SSSR count). The predicted octanol–water partition coefficient (Wildman–Crippen LogP) is 3.49. The Morgan fingerprint density at radius 2 is 1.90 bits per heavy atom. The number of hydrogen-bond donors (Lipinski definition) is 0. The Kier molecular flexibility index (Phi) is 3.75. The van der Waals surface area contributed by atoms with Crippen LogP contribution < -0.4 is 0 Å². The lowest BCUT2D eigenvalue weighted by Crippen LogP contribution is -2.26. The molecule has 0 N–H and O–H groups in total. The molecule has 0 aliphatic carbocycles. The molecule has 0 saturated heterocycles. The first-order chi connectivity index (χ1) is 9.50. The molecule has 8 heteroatoms. The quantitative estimate of drug-likeness (QED) is 0.749. The molecule has 114 valence electrons. The zero-order chi connectivity index (χ0) is 16.0. The van der Waals surface area contributed by atoms with Crippen LogP contribution in [0, 0.1) is 5.82 Å². The fourth-order valence-electron chi connectivity index (χ4n) is 1.88. The van der Waals surface area contributed by atoms with Crippen molar-refractivity contribution in [3.63, 3.8) is 0 Å². The summed E-state index contributed by atoms with van der Waals surface area (Å²) in [6.45, 7) is 5.10. The van der Waals surface area contributed by atoms with Crippen molar-refractivity contribution in [2.75, 3.05) is 0 Å². The molecule has 0 aliphatic rings. The van der Waals surface area contributed by atoms with E-state index in [-0.39, 0.29) is 10.9 Å². The lowest BCUT2D eigenvalue weighted by atomic mass is 10.2. The number of ether oxygens (including phenoxy) is 1. The van der Waals surface area contributed by atoms with Gasteiger partial charge in [0, 0.05) is 22.3 Å². The zero-order valence-corrected chi connectivity index (χ0v) is 13.1. The van der Waals surface area contributed by atoms with Gasteiger partial charge in [-0.15, -0.1) is 0 Å². The van der Waals surface area contributed by atoms with Crippen molar-refractivity contribution in [1.29, 1.82) is 0 Å². The van der Waals surface area contributed by atoms with Crippen LogP contribution in [0.1, 0.15) is 20.8 Å². The minimum Gasteiger partial charge on any atom is -0.443 e. The summed E-state index contributed by atoms with van der Waals surface area (Å²) >= 11 is 0. The highest BCUT2D eigenvalue weighted by Crippen LogP contribution is 2.29. The number of nitrogens with zero attached hydrogens (tertiary/aromatic N) is 1. The summed E-state index contributed by atoms with van der Waals surface area (Å²) in [6, 6.07) is 3.54. The second kappa shape index (κ2) is 4.99. The number of halogens is 2. The van der Waals surface area contributed by atoms with E-state index in [0.717, 1.165) is 10.6 Å². The summed E-state index contributed by atoms with van der Waals surface area (Å²) in [7, 11) is 0.969. The summed E-state index contributed by atoms with van der Waals surface area (Å²) in [5.74, 6) is -0.973. The number of aromatic nitrogens is 1. The van der Waals surface area contributed by atoms with Gasteiger partial charge in [-0.1, -0.05) is 0 Å². The van der Waals surface area contributed by atoms with E-state index < -0.39 is 31.5 Å². The van der Waals surface area contributed by atoms with Crippen molar-refractivity contribution >= 4 is 36.7 Å². The van der Waals surface area contributed by atoms with Crippen molar-refractivity contribution in [3.8, 4) is 0 Å². The maximum atomic E-state index is 13.7. The summed E-state index contributed by atoms with van der Waals surface area (Å²) in [5, 5.41) is 0.0239. The van der Waals surface area contributed by atoms with Gasteiger partial charge in [0.25, 0.3) is 9.05 Å². The molecule has 0 spiro atoms. The predicted molar refractivity (Wildman–Crippen MR) is 76.6 cm³/mol. The molecule has 0 bridgehead atoms. The lowest BCUT2D eigenvalue weighted by Gasteiger charge is -2.19. The van der Waals surface area contributed by atoms with Crippen LogP contribution in [0.15, 0.2) is 29.3 Å². The SMILES string of the molecule is CC(C)(C)OC(=O)n1ccc2c(S(=O)(=O)Cl)c(F)ccc21. The summed E-state index contributed by atoms with van der Waals surface area (Å²) in [4.78, 5) is 11.4. The Bertz CT molecular complexity index is 821. The molecule has 0 unspecified atom stereocenters. The molecule has 0 amide bonds. The fourth-order valence-corrected chi connectivity index (χ4v) is 3.09. The average molecular weight is 334 g/mol. The Balaban J connectivity index is 2.64. The molecule has 1 heterocycles. The van der Waals surface area contributed by atoms with Crippen LogP contribution in [0.4, 0.5) is 9.18 Å². The van der Waals surface area contributed by atoms with E-state index >= 15 is 0 Å². The van der Waals surface area contributed by atoms with Gasteiger partial charge in [-0.25, -0.2) is 17.6 Å². The summed E-state index contributed by atoms with van der Waals surface area (Å²) < 4.78 is 43.0. The fraction of sp³-hybridized carbons (Fsp3) is 0.308. The molecule has 0 saturated carbocycles. The first kappa shape index (κ1) is 15.8. The first-order valence-corrected chi connectivity index (χ1v) is 8.29. The second-order valence-electron chi connectivity index (χ2n) is 5.41. The molecule has 21 heavy (non-hydrogen) atoms. The third-order valence-corrected chi connectivity index (χ3v) is 3.97. The highest BCUT2D eigenvalue weighted by molar-refractivity contribution is 8.14. The van der Waals surface area contributed by atoms with E-state index in [1.54, 1.807) is 20.8 Å². The van der Waals surface area contributed by atoms with Gasteiger partial charge in [-0.05, 0) is 39.0 Å². The van der Waals surface area contributed by atoms with E-state index in [2.05, 4.69) is 0 Å². The average Bonchev–Trinajstić information content (AvgIpc) is 2.67. The summed E-state index contributed by atoms with van der Waals surface area (Å²) in [5.41, 5.74) is -0.514. The van der Waals surface area contributed by atoms with Gasteiger partial charge >= 0.3 is 6.09 Å². The molecule has 0 atom stereocenters. The van der Waals surface area contributed by atoms with Gasteiger partial charge in [0.15, 0.2) is 0 Å². The summed E-state index contributed by atoms with van der Waals surface area (Å²) in [6.07, 6.45) is 0.617. The van der Waals surface area contributed by atoms with Crippen LogP contribution in [-0.4, -0.2) is 24.7 Å².